The van der Waals surface area contributed by atoms with Gasteiger partial charge in [0.1, 0.15) is 22.6 Å². The lowest BCUT2D eigenvalue weighted by Crippen LogP contribution is -2.42. The molecule has 4 aromatic carbocycles. The second-order valence-corrected chi connectivity index (χ2v) is 20.8. The molecule has 0 fully saturated rings. The first-order valence-electron chi connectivity index (χ1n) is 27.3. The summed E-state index contributed by atoms with van der Waals surface area (Å²) in [6.07, 6.45) is 10.3. The van der Waals surface area contributed by atoms with Crippen molar-refractivity contribution in [2.75, 3.05) is 56.3 Å². The molecule has 0 saturated heterocycles. The highest BCUT2D eigenvalue weighted by Gasteiger charge is 2.40. The zero-order chi connectivity index (χ0) is 53.5. The van der Waals surface area contributed by atoms with Crippen molar-refractivity contribution in [1.29, 1.82) is 0 Å². The summed E-state index contributed by atoms with van der Waals surface area (Å²) in [6.45, 7) is 20.2. The Balaban J connectivity index is 0.000000219. The van der Waals surface area contributed by atoms with Crippen molar-refractivity contribution in [3.05, 3.63) is 131 Å². The third kappa shape index (κ3) is 14.7. The third-order valence-electron chi connectivity index (χ3n) is 14.6. The van der Waals surface area contributed by atoms with E-state index >= 15 is 0 Å². The number of aliphatic hydroxyl groups is 1. The van der Waals surface area contributed by atoms with Crippen LogP contribution in [0.15, 0.2) is 97.1 Å². The van der Waals surface area contributed by atoms with E-state index in [9.17, 15) is 14.7 Å². The zero-order valence-corrected chi connectivity index (χ0v) is 46.1. The van der Waals surface area contributed by atoms with E-state index in [1.807, 2.05) is 20.8 Å². The van der Waals surface area contributed by atoms with Crippen molar-refractivity contribution in [2.45, 2.75) is 144 Å². The number of fused-ring (bicyclic) bond motifs is 2. The summed E-state index contributed by atoms with van der Waals surface area (Å²) in [5.74, 6) is 1.48. The van der Waals surface area contributed by atoms with Gasteiger partial charge in [0.25, 0.3) is 0 Å². The smallest absolute Gasteiger partial charge is 0.305 e. The molecule has 6 aromatic rings. The lowest BCUT2D eigenvalue weighted by molar-refractivity contribution is -0.144. The van der Waals surface area contributed by atoms with Gasteiger partial charge < -0.3 is 29.1 Å². The summed E-state index contributed by atoms with van der Waals surface area (Å²) in [5, 5.41) is 11.3. The summed E-state index contributed by atoms with van der Waals surface area (Å²) >= 11 is 0. The Morgan fingerprint density at radius 3 is 1.20 bits per heavy atom. The molecule has 2 aliphatic rings. The fourth-order valence-corrected chi connectivity index (χ4v) is 9.76. The highest BCUT2D eigenvalue weighted by atomic mass is 16.5. The van der Waals surface area contributed by atoms with Crippen molar-refractivity contribution >= 4 is 23.6 Å². The molecule has 0 radical (unpaired) electrons. The molecular formula is C63H80N6O6. The van der Waals surface area contributed by atoms with Gasteiger partial charge in [0.05, 0.1) is 36.0 Å². The molecule has 0 spiro atoms. The van der Waals surface area contributed by atoms with Gasteiger partial charge in [-0.25, -0.2) is 19.9 Å². The van der Waals surface area contributed by atoms with Gasteiger partial charge in [-0.15, -0.1) is 0 Å². The van der Waals surface area contributed by atoms with E-state index < -0.39 is 11.2 Å². The van der Waals surface area contributed by atoms with Crippen LogP contribution in [0.5, 0.6) is 0 Å². The van der Waals surface area contributed by atoms with Gasteiger partial charge in [-0.05, 0) is 93.9 Å². The fraction of sp³-hybridized carbons (Fsp3) is 0.460. The number of anilines is 2. The maximum atomic E-state index is 11.6. The number of benzene rings is 4. The molecule has 0 bridgehead atoms. The highest BCUT2D eigenvalue weighted by molar-refractivity contribution is 5.81. The SMILES string of the molecule is CCOC(=O)CCCCCCN1CCC(C)(O)c2nc(-c3ccc(C)cc3)c(-c3ccc(C)cc3)nc21.CCOC(=O)CCCCCCN1CCC(C)(OC)c2nc(-c3ccc(C)cc3)c(-c3ccc(C)cc3)nc21. The van der Waals surface area contributed by atoms with Gasteiger partial charge >= 0.3 is 11.9 Å². The molecule has 0 amide bonds. The standard InChI is InChI=1S/C32H41N3O3.C31H39N3O3/c1-6-38-27(36)11-9-7-8-10-21-35-22-20-32(4,37-5)30-31(35)34-29(26-18-14-24(3)15-19-26)28(33-30)25-16-12-23(2)13-17-25;1-5-37-26(35)10-8-6-7-9-20-34-21-19-31(4,36)29-30(34)33-28(25-17-13-23(3)14-18-25)27(32-29)24-15-11-22(2)12-16-24/h12-19H,6-11,20-22H2,1-5H3;11-18,36H,5-10,19-21H2,1-4H3. The van der Waals surface area contributed by atoms with Crippen molar-refractivity contribution in [3.63, 3.8) is 0 Å². The minimum atomic E-state index is -1.04. The van der Waals surface area contributed by atoms with Gasteiger partial charge in [-0.1, -0.05) is 145 Å². The normalized spacial score (nSPS) is 16.9. The predicted octanol–water partition coefficient (Wildman–Crippen LogP) is 13.4. The molecule has 12 nitrogen and oxygen atoms in total. The first-order chi connectivity index (χ1) is 36.1. The molecule has 2 aromatic heterocycles. The number of unbranched alkanes of at least 4 members (excludes halogenated alkanes) is 6. The number of hydrogen-bond acceptors (Lipinski definition) is 12. The summed E-state index contributed by atoms with van der Waals surface area (Å²) in [5.41, 5.74) is 12.4. The van der Waals surface area contributed by atoms with Crippen LogP contribution in [0.1, 0.15) is 138 Å². The van der Waals surface area contributed by atoms with Crippen LogP contribution < -0.4 is 9.80 Å². The largest absolute Gasteiger partial charge is 0.466 e. The summed E-state index contributed by atoms with van der Waals surface area (Å²) in [4.78, 5) is 48.7. The van der Waals surface area contributed by atoms with E-state index in [4.69, 9.17) is 34.1 Å². The third-order valence-corrected chi connectivity index (χ3v) is 14.6. The minimum absolute atomic E-state index is 0.0976. The number of rotatable bonds is 21. The Morgan fingerprint density at radius 2 is 0.827 bits per heavy atom. The Hall–Kier alpha value is -6.50. The predicted molar refractivity (Wildman–Crippen MR) is 302 cm³/mol. The van der Waals surface area contributed by atoms with Crippen molar-refractivity contribution < 1.29 is 28.9 Å². The first-order valence-corrected chi connectivity index (χ1v) is 27.3. The second kappa shape index (κ2) is 26.3. The van der Waals surface area contributed by atoms with Crippen LogP contribution in [0.25, 0.3) is 45.0 Å². The first kappa shape index (κ1) is 56.2. The van der Waals surface area contributed by atoms with Crippen LogP contribution in [0, 0.1) is 27.7 Å². The topological polar surface area (TPSA) is 140 Å². The zero-order valence-electron chi connectivity index (χ0n) is 46.1. The number of carbonyl (C=O) groups excluding carboxylic acids is 2. The van der Waals surface area contributed by atoms with E-state index in [2.05, 4.69) is 141 Å². The molecular weight excluding hydrogens is 937 g/mol. The van der Waals surface area contributed by atoms with Crippen LogP contribution in [0.4, 0.5) is 11.6 Å². The number of hydrogen-bond donors (Lipinski definition) is 1. The lowest BCUT2D eigenvalue weighted by Gasteiger charge is -2.40. The lowest BCUT2D eigenvalue weighted by atomic mass is 9.91. The van der Waals surface area contributed by atoms with Gasteiger partial charge in [0, 0.05) is 68.4 Å². The van der Waals surface area contributed by atoms with Gasteiger partial charge in [-0.2, -0.15) is 0 Å². The van der Waals surface area contributed by atoms with E-state index in [0.29, 0.717) is 38.2 Å². The van der Waals surface area contributed by atoms with Crippen LogP contribution in [-0.2, 0) is 35.0 Å². The number of aromatic nitrogens is 4. The number of esters is 2. The van der Waals surface area contributed by atoms with E-state index in [1.54, 1.807) is 7.11 Å². The highest BCUT2D eigenvalue weighted by Crippen LogP contribution is 2.43. The minimum Gasteiger partial charge on any atom is -0.466 e. The number of ether oxygens (including phenoxy) is 3. The Bertz CT molecular complexity index is 2810. The maximum absolute atomic E-state index is 11.6. The van der Waals surface area contributed by atoms with Crippen LogP contribution >= 0.6 is 0 Å². The van der Waals surface area contributed by atoms with Crippen molar-refractivity contribution in [3.8, 4) is 45.0 Å². The quantitative estimate of drug-likeness (QED) is 0.0542. The summed E-state index contributed by atoms with van der Waals surface area (Å²) < 4.78 is 16.1. The van der Waals surface area contributed by atoms with Gasteiger partial charge in [-0.3, -0.25) is 9.59 Å². The summed E-state index contributed by atoms with van der Waals surface area (Å²) in [7, 11) is 1.77. The monoisotopic (exact) mass is 1020 g/mol. The molecule has 0 aliphatic carbocycles. The molecule has 4 heterocycles. The van der Waals surface area contributed by atoms with E-state index in [-0.39, 0.29) is 11.9 Å². The van der Waals surface area contributed by atoms with Crippen molar-refractivity contribution in [1.82, 2.24) is 19.9 Å². The molecule has 1 N–H and O–H groups in total. The Labute approximate surface area is 446 Å². The molecule has 12 heteroatoms. The average molecular weight is 1020 g/mol. The molecule has 75 heavy (non-hydrogen) atoms. The van der Waals surface area contributed by atoms with Gasteiger partial charge in [0.2, 0.25) is 0 Å². The van der Waals surface area contributed by atoms with Crippen LogP contribution in [0.2, 0.25) is 0 Å². The molecule has 2 aliphatic heterocycles. The van der Waals surface area contributed by atoms with Crippen LogP contribution in [-0.4, -0.2) is 83.5 Å². The number of nitrogens with zero attached hydrogens (tertiary/aromatic N) is 6. The van der Waals surface area contributed by atoms with Crippen molar-refractivity contribution in [2.24, 2.45) is 0 Å². The maximum Gasteiger partial charge on any atom is 0.305 e. The molecule has 2 atom stereocenters. The van der Waals surface area contributed by atoms with E-state index in [0.717, 1.165) is 146 Å². The number of methoxy groups -OCH3 is 1. The fourth-order valence-electron chi connectivity index (χ4n) is 9.76. The second-order valence-electron chi connectivity index (χ2n) is 20.8. The van der Waals surface area contributed by atoms with E-state index in [1.165, 1.54) is 22.3 Å². The van der Waals surface area contributed by atoms with Gasteiger partial charge in [0.15, 0.2) is 11.6 Å². The molecule has 2 unspecified atom stereocenters. The molecule has 0 saturated carbocycles. The molecule has 398 valence electrons. The number of carbonyl (C=O) groups is 2. The Morgan fingerprint density at radius 1 is 0.493 bits per heavy atom. The number of aryl methyl sites for hydroxylation is 4. The van der Waals surface area contributed by atoms with Crippen LogP contribution in [0.3, 0.4) is 0 Å². The Kier molecular flexibility index (Phi) is 19.7. The summed E-state index contributed by atoms with van der Waals surface area (Å²) in [6, 6.07) is 33.7. The molecule has 8 rings (SSSR count). The average Bonchev–Trinajstić information content (AvgIpc) is 3.40.